The van der Waals surface area contributed by atoms with Crippen LogP contribution in [0.3, 0.4) is 0 Å². The van der Waals surface area contributed by atoms with Gasteiger partial charge < -0.3 is 10.4 Å². The predicted octanol–water partition coefficient (Wildman–Crippen LogP) is 1.39. The molecule has 0 spiro atoms. The zero-order valence-corrected chi connectivity index (χ0v) is 10.8. The summed E-state index contributed by atoms with van der Waals surface area (Å²) < 4.78 is 0. The Kier molecular flexibility index (Phi) is 5.46. The molecule has 0 radical (unpaired) electrons. The lowest BCUT2D eigenvalue weighted by Crippen LogP contribution is -2.43. The molecule has 94 valence electrons. The van der Waals surface area contributed by atoms with E-state index >= 15 is 0 Å². The number of hydrogen-bond acceptors (Lipinski definition) is 3. The number of nitrogens with one attached hydrogen (secondary N) is 1. The number of nitrogens with zero attached hydrogens (tertiary/aromatic N) is 1. The van der Waals surface area contributed by atoms with Gasteiger partial charge in [0.1, 0.15) is 0 Å². The van der Waals surface area contributed by atoms with Crippen molar-refractivity contribution in [1.82, 2.24) is 10.2 Å². The van der Waals surface area contributed by atoms with Crippen molar-refractivity contribution in [3.05, 3.63) is 12.2 Å². The van der Waals surface area contributed by atoms with Gasteiger partial charge in [0, 0.05) is 26.2 Å². The number of aliphatic hydroxyl groups is 1. The van der Waals surface area contributed by atoms with Crippen LogP contribution in [0.25, 0.3) is 0 Å². The molecule has 1 aliphatic rings. The minimum Gasteiger partial charge on any atom is -0.390 e. The highest BCUT2D eigenvalue weighted by molar-refractivity contribution is 5.00. The molecule has 0 aliphatic carbocycles. The predicted molar refractivity (Wildman–Crippen MR) is 68.6 cm³/mol. The van der Waals surface area contributed by atoms with Crippen molar-refractivity contribution < 1.29 is 5.11 Å². The highest BCUT2D eigenvalue weighted by Gasteiger charge is 2.27. The average molecular weight is 226 g/mol. The maximum Gasteiger partial charge on any atom is 0.0644 e. The van der Waals surface area contributed by atoms with Crippen molar-refractivity contribution in [1.29, 1.82) is 0 Å². The van der Waals surface area contributed by atoms with E-state index < -0.39 is 5.60 Å². The Morgan fingerprint density at radius 2 is 2.06 bits per heavy atom. The fourth-order valence-corrected chi connectivity index (χ4v) is 2.01. The maximum atomic E-state index is 9.84. The first-order valence-corrected chi connectivity index (χ1v) is 6.35. The fourth-order valence-electron chi connectivity index (χ4n) is 2.01. The average Bonchev–Trinajstić information content (AvgIpc) is 2.22. The molecule has 1 fully saturated rings. The molecule has 0 amide bonds. The van der Waals surface area contributed by atoms with Crippen molar-refractivity contribution >= 4 is 0 Å². The first-order valence-electron chi connectivity index (χ1n) is 6.35. The number of likely N-dealkylation sites (tertiary alicyclic amines) is 1. The fraction of sp³-hybridized carbons (Fsp3) is 0.846. The monoisotopic (exact) mass is 226 g/mol. The highest BCUT2D eigenvalue weighted by Crippen LogP contribution is 2.21. The smallest absolute Gasteiger partial charge is 0.0644 e. The number of piperidine rings is 1. The van der Waals surface area contributed by atoms with Crippen LogP contribution >= 0.6 is 0 Å². The molecule has 0 saturated carbocycles. The van der Waals surface area contributed by atoms with Crippen LogP contribution < -0.4 is 5.32 Å². The Morgan fingerprint density at radius 1 is 1.44 bits per heavy atom. The molecule has 1 aliphatic heterocycles. The van der Waals surface area contributed by atoms with Gasteiger partial charge in [-0.25, -0.2) is 0 Å². The van der Waals surface area contributed by atoms with Crippen LogP contribution in [0.5, 0.6) is 0 Å². The lowest BCUT2D eigenvalue weighted by atomic mass is 9.93. The molecule has 0 aromatic rings. The van der Waals surface area contributed by atoms with E-state index in [1.54, 1.807) is 0 Å². The molecular weight excluding hydrogens is 200 g/mol. The van der Waals surface area contributed by atoms with Crippen molar-refractivity contribution in [2.75, 3.05) is 32.7 Å². The van der Waals surface area contributed by atoms with Crippen molar-refractivity contribution in [2.24, 2.45) is 0 Å². The highest BCUT2D eigenvalue weighted by atomic mass is 16.3. The van der Waals surface area contributed by atoms with Crippen LogP contribution in [-0.4, -0.2) is 48.3 Å². The zero-order valence-electron chi connectivity index (χ0n) is 10.8. The molecule has 1 rings (SSSR count). The summed E-state index contributed by atoms with van der Waals surface area (Å²) in [6, 6.07) is 0. The summed E-state index contributed by atoms with van der Waals surface area (Å²) >= 11 is 0. The molecule has 1 saturated heterocycles. The van der Waals surface area contributed by atoms with Crippen LogP contribution in [0.4, 0.5) is 0 Å². The quantitative estimate of drug-likeness (QED) is 0.531. The molecule has 0 atom stereocenters. The van der Waals surface area contributed by atoms with Gasteiger partial charge in [-0.2, -0.15) is 0 Å². The van der Waals surface area contributed by atoms with Gasteiger partial charge in [0.15, 0.2) is 0 Å². The summed E-state index contributed by atoms with van der Waals surface area (Å²) in [6.45, 7) is 13.1. The molecule has 3 heteroatoms. The van der Waals surface area contributed by atoms with Gasteiger partial charge in [0.25, 0.3) is 0 Å². The van der Waals surface area contributed by atoms with E-state index in [0.29, 0.717) is 0 Å². The molecule has 1 heterocycles. The molecule has 0 aromatic heterocycles. The third kappa shape index (κ3) is 5.10. The maximum absolute atomic E-state index is 9.84. The standard InChI is InChI=1S/C13H26N2O/c1-4-7-14-10-12(2)11-15-8-5-13(3,16)6-9-15/h14,16H,2,4-11H2,1,3H3. The lowest BCUT2D eigenvalue weighted by molar-refractivity contribution is -0.00309. The summed E-state index contributed by atoms with van der Waals surface area (Å²) in [4.78, 5) is 2.38. The van der Waals surface area contributed by atoms with E-state index in [1.807, 2.05) is 6.92 Å². The first kappa shape index (κ1) is 13.7. The Hall–Kier alpha value is -0.380. The SMILES string of the molecule is C=C(CNCCC)CN1CCC(C)(O)CC1. The number of rotatable bonds is 6. The largest absolute Gasteiger partial charge is 0.390 e. The van der Waals surface area contributed by atoms with Gasteiger partial charge >= 0.3 is 0 Å². The lowest BCUT2D eigenvalue weighted by Gasteiger charge is -2.36. The van der Waals surface area contributed by atoms with Crippen molar-refractivity contribution in [2.45, 2.75) is 38.7 Å². The Balaban J connectivity index is 2.16. The summed E-state index contributed by atoms with van der Waals surface area (Å²) in [5, 5.41) is 13.2. The van der Waals surface area contributed by atoms with Gasteiger partial charge in [-0.05, 0) is 38.3 Å². The van der Waals surface area contributed by atoms with E-state index in [4.69, 9.17) is 0 Å². The van der Waals surface area contributed by atoms with Crippen LogP contribution in [0, 0.1) is 0 Å². The van der Waals surface area contributed by atoms with E-state index in [-0.39, 0.29) is 0 Å². The molecule has 0 aromatic carbocycles. The van der Waals surface area contributed by atoms with Crippen LogP contribution in [0.2, 0.25) is 0 Å². The third-order valence-corrected chi connectivity index (χ3v) is 3.18. The first-order chi connectivity index (χ1) is 7.53. The minimum atomic E-state index is -0.446. The summed E-state index contributed by atoms with van der Waals surface area (Å²) in [5.74, 6) is 0. The minimum absolute atomic E-state index is 0.446. The van der Waals surface area contributed by atoms with E-state index in [0.717, 1.165) is 45.6 Å². The second-order valence-electron chi connectivity index (χ2n) is 5.20. The second kappa shape index (κ2) is 6.38. The van der Waals surface area contributed by atoms with E-state index in [9.17, 15) is 5.11 Å². The van der Waals surface area contributed by atoms with Gasteiger partial charge in [-0.3, -0.25) is 4.90 Å². The summed E-state index contributed by atoms with van der Waals surface area (Å²) in [6.07, 6.45) is 2.92. The zero-order chi connectivity index (χ0) is 12.0. The third-order valence-electron chi connectivity index (χ3n) is 3.18. The second-order valence-corrected chi connectivity index (χ2v) is 5.20. The molecule has 0 unspecified atom stereocenters. The Labute approximate surface area is 99.5 Å². The van der Waals surface area contributed by atoms with Gasteiger partial charge in [0.2, 0.25) is 0 Å². The van der Waals surface area contributed by atoms with Crippen LogP contribution in [0.1, 0.15) is 33.1 Å². The Morgan fingerprint density at radius 3 is 2.62 bits per heavy atom. The molecule has 0 bridgehead atoms. The van der Waals surface area contributed by atoms with Gasteiger partial charge in [0.05, 0.1) is 5.60 Å². The van der Waals surface area contributed by atoms with E-state index in [2.05, 4.69) is 23.7 Å². The van der Waals surface area contributed by atoms with Crippen LogP contribution in [0.15, 0.2) is 12.2 Å². The molecule has 3 nitrogen and oxygen atoms in total. The topological polar surface area (TPSA) is 35.5 Å². The Bertz CT molecular complexity index is 216. The van der Waals surface area contributed by atoms with Gasteiger partial charge in [-0.15, -0.1) is 0 Å². The van der Waals surface area contributed by atoms with Crippen molar-refractivity contribution in [3.8, 4) is 0 Å². The molecule has 16 heavy (non-hydrogen) atoms. The molecule has 2 N–H and O–H groups in total. The summed E-state index contributed by atoms with van der Waals surface area (Å²) in [7, 11) is 0. The summed E-state index contributed by atoms with van der Waals surface area (Å²) in [5.41, 5.74) is 0.799. The normalized spacial score (nSPS) is 20.9. The van der Waals surface area contributed by atoms with Crippen molar-refractivity contribution in [3.63, 3.8) is 0 Å². The van der Waals surface area contributed by atoms with Gasteiger partial charge in [-0.1, -0.05) is 13.5 Å². The number of hydrogen-bond donors (Lipinski definition) is 2. The van der Waals surface area contributed by atoms with E-state index in [1.165, 1.54) is 12.0 Å². The molecular formula is C13H26N2O. The van der Waals surface area contributed by atoms with Crippen LogP contribution in [-0.2, 0) is 0 Å².